The fourth-order valence-electron chi connectivity index (χ4n) is 2.03. The van der Waals surface area contributed by atoms with E-state index in [0.717, 1.165) is 30.6 Å². The molecule has 1 aliphatic heterocycles. The zero-order valence-corrected chi connectivity index (χ0v) is 9.70. The van der Waals surface area contributed by atoms with Crippen LogP contribution in [0.4, 0.5) is 5.69 Å². The molecule has 3 heteroatoms. The first-order chi connectivity index (χ1) is 8.28. The lowest BCUT2D eigenvalue weighted by atomic mass is 10.1. The maximum Gasteiger partial charge on any atom is 0.222 e. The molecule has 1 heterocycles. The third-order valence-electron chi connectivity index (χ3n) is 2.88. The SMILES string of the molecule is C#Cc1cccc(NC2CCCNC(=O)C2)c1. The van der Waals surface area contributed by atoms with Gasteiger partial charge < -0.3 is 10.6 Å². The number of anilines is 1. The second kappa shape index (κ2) is 5.40. The summed E-state index contributed by atoms with van der Waals surface area (Å²) in [5.41, 5.74) is 1.84. The van der Waals surface area contributed by atoms with E-state index in [-0.39, 0.29) is 11.9 Å². The largest absolute Gasteiger partial charge is 0.382 e. The van der Waals surface area contributed by atoms with Crippen molar-refractivity contribution in [3.05, 3.63) is 29.8 Å². The van der Waals surface area contributed by atoms with Crippen molar-refractivity contribution < 1.29 is 4.79 Å². The zero-order valence-electron chi connectivity index (χ0n) is 9.70. The first-order valence-electron chi connectivity index (χ1n) is 5.88. The standard InChI is InChI=1S/C14H16N2O/c1-2-11-5-3-6-12(9-11)16-13-7-4-8-15-14(17)10-13/h1,3,5-6,9,13,16H,4,7-8,10H2,(H,15,17). The van der Waals surface area contributed by atoms with Gasteiger partial charge in [0.2, 0.25) is 5.91 Å². The van der Waals surface area contributed by atoms with E-state index in [2.05, 4.69) is 16.6 Å². The van der Waals surface area contributed by atoms with Gasteiger partial charge in [0.1, 0.15) is 0 Å². The Kier molecular flexibility index (Phi) is 3.66. The van der Waals surface area contributed by atoms with E-state index in [1.165, 1.54) is 0 Å². The highest BCUT2D eigenvalue weighted by atomic mass is 16.1. The highest BCUT2D eigenvalue weighted by molar-refractivity contribution is 5.77. The maximum absolute atomic E-state index is 11.4. The molecule has 88 valence electrons. The topological polar surface area (TPSA) is 41.1 Å². The van der Waals surface area contributed by atoms with E-state index >= 15 is 0 Å². The summed E-state index contributed by atoms with van der Waals surface area (Å²) in [5, 5.41) is 6.24. The molecule has 1 aromatic carbocycles. The van der Waals surface area contributed by atoms with E-state index in [1.807, 2.05) is 24.3 Å². The Morgan fingerprint density at radius 2 is 2.35 bits per heavy atom. The summed E-state index contributed by atoms with van der Waals surface area (Å²) >= 11 is 0. The molecule has 1 unspecified atom stereocenters. The van der Waals surface area contributed by atoms with Gasteiger partial charge in [-0.25, -0.2) is 0 Å². The quantitative estimate of drug-likeness (QED) is 0.757. The monoisotopic (exact) mass is 228 g/mol. The highest BCUT2D eigenvalue weighted by Crippen LogP contribution is 2.15. The Bertz CT molecular complexity index is 448. The van der Waals surface area contributed by atoms with E-state index in [0.29, 0.717) is 6.42 Å². The Labute approximate surface area is 102 Å². The molecule has 1 saturated heterocycles. The number of hydrogen-bond donors (Lipinski definition) is 2. The Morgan fingerprint density at radius 3 is 3.18 bits per heavy atom. The minimum atomic E-state index is 0.119. The number of amides is 1. The number of benzene rings is 1. The Balaban J connectivity index is 2.04. The van der Waals surface area contributed by atoms with Gasteiger partial charge in [-0.15, -0.1) is 6.42 Å². The van der Waals surface area contributed by atoms with Crippen molar-refractivity contribution in [2.45, 2.75) is 25.3 Å². The average Bonchev–Trinajstić information content (AvgIpc) is 2.54. The van der Waals surface area contributed by atoms with Crippen molar-refractivity contribution in [3.8, 4) is 12.3 Å². The molecule has 0 bridgehead atoms. The van der Waals surface area contributed by atoms with Crippen LogP contribution < -0.4 is 10.6 Å². The lowest BCUT2D eigenvalue weighted by Crippen LogP contribution is -2.26. The van der Waals surface area contributed by atoms with Gasteiger partial charge in [-0.05, 0) is 31.0 Å². The summed E-state index contributed by atoms with van der Waals surface area (Å²) in [6.45, 7) is 0.779. The molecule has 1 aliphatic rings. The van der Waals surface area contributed by atoms with Crippen LogP contribution >= 0.6 is 0 Å². The van der Waals surface area contributed by atoms with Crippen molar-refractivity contribution >= 4 is 11.6 Å². The minimum absolute atomic E-state index is 0.119. The van der Waals surface area contributed by atoms with Crippen LogP contribution in [-0.4, -0.2) is 18.5 Å². The molecule has 0 spiro atoms. The second-order valence-electron chi connectivity index (χ2n) is 4.26. The molecule has 0 aliphatic carbocycles. The van der Waals surface area contributed by atoms with Gasteiger partial charge in [-0.2, -0.15) is 0 Å². The normalized spacial score (nSPS) is 19.9. The summed E-state index contributed by atoms with van der Waals surface area (Å²) < 4.78 is 0. The number of carbonyl (C=O) groups excluding carboxylic acids is 1. The van der Waals surface area contributed by atoms with Crippen molar-refractivity contribution in [1.82, 2.24) is 5.32 Å². The molecule has 1 aromatic rings. The molecule has 3 nitrogen and oxygen atoms in total. The predicted octanol–water partition coefficient (Wildman–Crippen LogP) is 1.75. The summed E-state index contributed by atoms with van der Waals surface area (Å²) in [6, 6.07) is 7.93. The molecule has 17 heavy (non-hydrogen) atoms. The van der Waals surface area contributed by atoms with Gasteiger partial charge in [0, 0.05) is 30.3 Å². The third kappa shape index (κ3) is 3.25. The molecular formula is C14H16N2O. The van der Waals surface area contributed by atoms with Crippen molar-refractivity contribution in [1.29, 1.82) is 0 Å². The first kappa shape index (κ1) is 11.5. The van der Waals surface area contributed by atoms with Gasteiger partial charge >= 0.3 is 0 Å². The molecule has 1 atom stereocenters. The summed E-state index contributed by atoms with van der Waals surface area (Å²) in [4.78, 5) is 11.4. The van der Waals surface area contributed by atoms with Crippen molar-refractivity contribution in [3.63, 3.8) is 0 Å². The fraction of sp³-hybridized carbons (Fsp3) is 0.357. The van der Waals surface area contributed by atoms with Crippen LogP contribution in [0.5, 0.6) is 0 Å². The van der Waals surface area contributed by atoms with Gasteiger partial charge in [-0.3, -0.25) is 4.79 Å². The Hall–Kier alpha value is -1.95. The molecular weight excluding hydrogens is 212 g/mol. The van der Waals surface area contributed by atoms with Gasteiger partial charge in [-0.1, -0.05) is 12.0 Å². The minimum Gasteiger partial charge on any atom is -0.382 e. The lowest BCUT2D eigenvalue weighted by molar-refractivity contribution is -0.120. The van der Waals surface area contributed by atoms with Crippen LogP contribution in [0.1, 0.15) is 24.8 Å². The van der Waals surface area contributed by atoms with Gasteiger partial charge in [0.05, 0.1) is 0 Å². The third-order valence-corrected chi connectivity index (χ3v) is 2.88. The van der Waals surface area contributed by atoms with Gasteiger partial charge in [0.25, 0.3) is 0 Å². The van der Waals surface area contributed by atoms with Crippen molar-refractivity contribution in [2.75, 3.05) is 11.9 Å². The summed E-state index contributed by atoms with van der Waals surface area (Å²) in [7, 11) is 0. The van der Waals surface area contributed by atoms with Crippen LogP contribution in [0.15, 0.2) is 24.3 Å². The van der Waals surface area contributed by atoms with Crippen LogP contribution in [0, 0.1) is 12.3 Å². The average molecular weight is 228 g/mol. The zero-order chi connectivity index (χ0) is 12.1. The molecule has 0 radical (unpaired) electrons. The van der Waals surface area contributed by atoms with Crippen LogP contribution in [-0.2, 0) is 4.79 Å². The van der Waals surface area contributed by atoms with Crippen LogP contribution in [0.25, 0.3) is 0 Å². The molecule has 2 rings (SSSR count). The Morgan fingerprint density at radius 1 is 1.47 bits per heavy atom. The second-order valence-corrected chi connectivity index (χ2v) is 4.26. The number of terminal acetylenes is 1. The molecule has 1 fully saturated rings. The number of nitrogens with one attached hydrogen (secondary N) is 2. The summed E-state index contributed by atoms with van der Waals surface area (Å²) in [6.07, 6.45) is 7.90. The fourth-order valence-corrected chi connectivity index (χ4v) is 2.03. The number of carbonyl (C=O) groups is 1. The molecule has 0 aromatic heterocycles. The van der Waals surface area contributed by atoms with E-state index in [4.69, 9.17) is 6.42 Å². The number of rotatable bonds is 2. The molecule has 2 N–H and O–H groups in total. The highest BCUT2D eigenvalue weighted by Gasteiger charge is 2.16. The molecule has 0 saturated carbocycles. The maximum atomic E-state index is 11.4. The number of hydrogen-bond acceptors (Lipinski definition) is 2. The smallest absolute Gasteiger partial charge is 0.222 e. The van der Waals surface area contributed by atoms with E-state index in [1.54, 1.807) is 0 Å². The first-order valence-corrected chi connectivity index (χ1v) is 5.88. The van der Waals surface area contributed by atoms with E-state index in [9.17, 15) is 4.79 Å². The van der Waals surface area contributed by atoms with Gasteiger partial charge in [0.15, 0.2) is 0 Å². The van der Waals surface area contributed by atoms with Crippen molar-refractivity contribution in [2.24, 2.45) is 0 Å². The lowest BCUT2D eigenvalue weighted by Gasteiger charge is -2.16. The summed E-state index contributed by atoms with van der Waals surface area (Å²) in [5.74, 6) is 2.73. The van der Waals surface area contributed by atoms with Crippen LogP contribution in [0.2, 0.25) is 0 Å². The molecule has 1 amide bonds. The van der Waals surface area contributed by atoms with Crippen LogP contribution in [0.3, 0.4) is 0 Å². The van der Waals surface area contributed by atoms with E-state index < -0.39 is 0 Å². The predicted molar refractivity (Wildman–Crippen MR) is 68.6 cm³/mol.